The lowest BCUT2D eigenvalue weighted by atomic mass is 9.98. The molecule has 3 N–H and O–H groups in total. The number of rotatable bonds is 10. The van der Waals surface area contributed by atoms with Gasteiger partial charge in [0.05, 0.1) is 5.92 Å². The summed E-state index contributed by atoms with van der Waals surface area (Å²) in [5, 5.41) is 14.6. The maximum Gasteiger partial charge on any atom is 0.407 e. The van der Waals surface area contributed by atoms with Crippen LogP contribution in [-0.4, -0.2) is 41.8 Å². The van der Waals surface area contributed by atoms with E-state index >= 15 is 0 Å². The number of aliphatic carboxylic acids is 1. The summed E-state index contributed by atoms with van der Waals surface area (Å²) in [5.41, 5.74) is 4.55. The SMILES string of the molecule is CCCCC(NC(=O)C(C)C(C)NC(=O)OCC1c2ccccc2-c2ccccc21)C(=O)O. The first-order chi connectivity index (χ1) is 15.8. The summed E-state index contributed by atoms with van der Waals surface area (Å²) >= 11 is 0. The van der Waals surface area contributed by atoms with Crippen molar-refractivity contribution < 1.29 is 24.2 Å². The Morgan fingerprint density at radius 1 is 0.970 bits per heavy atom. The summed E-state index contributed by atoms with van der Waals surface area (Å²) in [6.45, 7) is 5.50. The van der Waals surface area contributed by atoms with Crippen LogP contribution in [-0.2, 0) is 14.3 Å². The topological polar surface area (TPSA) is 105 Å². The Hall–Kier alpha value is -3.35. The summed E-state index contributed by atoms with van der Waals surface area (Å²) in [6.07, 6.45) is 1.32. The fourth-order valence-electron chi connectivity index (χ4n) is 4.15. The summed E-state index contributed by atoms with van der Waals surface area (Å²) < 4.78 is 5.54. The first kappa shape index (κ1) is 24.3. The minimum Gasteiger partial charge on any atom is -0.480 e. The van der Waals surface area contributed by atoms with Crippen molar-refractivity contribution in [3.05, 3.63) is 59.7 Å². The molecule has 0 heterocycles. The van der Waals surface area contributed by atoms with Crippen LogP contribution < -0.4 is 10.6 Å². The zero-order valence-electron chi connectivity index (χ0n) is 19.3. The maximum absolute atomic E-state index is 12.5. The number of carbonyl (C=O) groups is 3. The number of ether oxygens (including phenoxy) is 1. The van der Waals surface area contributed by atoms with Crippen LogP contribution in [0.1, 0.15) is 57.1 Å². The summed E-state index contributed by atoms with van der Waals surface area (Å²) in [5.74, 6) is -2.13. The fourth-order valence-corrected chi connectivity index (χ4v) is 4.15. The molecule has 0 bridgehead atoms. The third-order valence-corrected chi connectivity index (χ3v) is 6.31. The van der Waals surface area contributed by atoms with Crippen molar-refractivity contribution in [2.45, 2.75) is 58.0 Å². The normalized spacial score (nSPS) is 15.0. The molecule has 3 rings (SSSR count). The van der Waals surface area contributed by atoms with Crippen molar-refractivity contribution in [3.8, 4) is 11.1 Å². The van der Waals surface area contributed by atoms with Gasteiger partial charge in [-0.1, -0.05) is 75.2 Å². The quantitative estimate of drug-likeness (QED) is 0.498. The van der Waals surface area contributed by atoms with Gasteiger partial charge in [0.25, 0.3) is 0 Å². The van der Waals surface area contributed by atoms with Crippen LogP contribution in [0.4, 0.5) is 4.79 Å². The van der Waals surface area contributed by atoms with Gasteiger partial charge in [0.2, 0.25) is 5.91 Å². The molecule has 3 atom stereocenters. The molecule has 2 amide bonds. The van der Waals surface area contributed by atoms with Gasteiger partial charge in [0.1, 0.15) is 12.6 Å². The van der Waals surface area contributed by atoms with E-state index in [4.69, 9.17) is 4.74 Å². The van der Waals surface area contributed by atoms with E-state index in [1.54, 1.807) is 13.8 Å². The van der Waals surface area contributed by atoms with Crippen molar-refractivity contribution in [1.29, 1.82) is 0 Å². The summed E-state index contributed by atoms with van der Waals surface area (Å²) in [7, 11) is 0. The second kappa shape index (κ2) is 11.0. The van der Waals surface area contributed by atoms with E-state index in [1.807, 2.05) is 43.3 Å². The number of nitrogens with one attached hydrogen (secondary N) is 2. The third-order valence-electron chi connectivity index (χ3n) is 6.31. The van der Waals surface area contributed by atoms with E-state index in [-0.39, 0.29) is 12.5 Å². The van der Waals surface area contributed by atoms with E-state index in [0.717, 1.165) is 28.7 Å². The van der Waals surface area contributed by atoms with Crippen molar-refractivity contribution in [3.63, 3.8) is 0 Å². The Labute approximate surface area is 194 Å². The number of carbonyl (C=O) groups excluding carboxylic acids is 2. The summed E-state index contributed by atoms with van der Waals surface area (Å²) in [6, 6.07) is 14.7. The van der Waals surface area contributed by atoms with Crippen LogP contribution in [0.15, 0.2) is 48.5 Å². The molecule has 0 aliphatic heterocycles. The van der Waals surface area contributed by atoms with Crippen molar-refractivity contribution >= 4 is 18.0 Å². The smallest absolute Gasteiger partial charge is 0.407 e. The van der Waals surface area contributed by atoms with Gasteiger partial charge >= 0.3 is 12.1 Å². The van der Waals surface area contributed by atoms with Crippen molar-refractivity contribution in [1.82, 2.24) is 10.6 Å². The number of amides is 2. The minimum atomic E-state index is -1.05. The van der Waals surface area contributed by atoms with Gasteiger partial charge in [-0.3, -0.25) is 4.79 Å². The van der Waals surface area contributed by atoms with Gasteiger partial charge < -0.3 is 20.5 Å². The second-order valence-electron chi connectivity index (χ2n) is 8.59. The zero-order chi connectivity index (χ0) is 24.0. The van der Waals surface area contributed by atoms with Gasteiger partial charge in [-0.15, -0.1) is 0 Å². The number of unbranched alkanes of at least 4 members (excludes halogenated alkanes) is 1. The average Bonchev–Trinajstić information content (AvgIpc) is 3.13. The van der Waals surface area contributed by atoms with Crippen LogP contribution in [0.25, 0.3) is 11.1 Å². The average molecular weight is 453 g/mol. The molecule has 0 spiro atoms. The van der Waals surface area contributed by atoms with E-state index in [1.165, 1.54) is 0 Å². The van der Waals surface area contributed by atoms with Crippen LogP contribution in [0.5, 0.6) is 0 Å². The number of hydrogen-bond donors (Lipinski definition) is 3. The standard InChI is InChI=1S/C26H32N2O5/c1-4-5-14-23(25(30)31)28-24(29)16(2)17(3)27-26(32)33-15-22-20-12-8-6-10-18(20)19-11-7-9-13-21(19)22/h6-13,16-17,22-23H,4-5,14-15H2,1-3H3,(H,27,32)(H,28,29)(H,30,31). The molecule has 7 heteroatoms. The minimum absolute atomic E-state index is 0.0472. The van der Waals surface area contributed by atoms with E-state index in [2.05, 4.69) is 22.8 Å². The molecule has 176 valence electrons. The van der Waals surface area contributed by atoms with Crippen molar-refractivity contribution in [2.75, 3.05) is 6.61 Å². The molecule has 33 heavy (non-hydrogen) atoms. The Bertz CT molecular complexity index is 960. The third kappa shape index (κ3) is 5.72. The molecule has 1 aliphatic carbocycles. The molecule has 0 saturated carbocycles. The van der Waals surface area contributed by atoms with Gasteiger partial charge in [-0.25, -0.2) is 9.59 Å². The van der Waals surface area contributed by atoms with Gasteiger partial charge in [0.15, 0.2) is 0 Å². The number of carboxylic acids is 1. The highest BCUT2D eigenvalue weighted by Gasteiger charge is 2.30. The molecule has 0 radical (unpaired) electrons. The Morgan fingerprint density at radius 3 is 2.09 bits per heavy atom. The van der Waals surface area contributed by atoms with E-state index < -0.39 is 36.0 Å². The highest BCUT2D eigenvalue weighted by molar-refractivity contribution is 5.85. The van der Waals surface area contributed by atoms with Crippen LogP contribution >= 0.6 is 0 Å². The molecular weight excluding hydrogens is 420 g/mol. The molecule has 1 aliphatic rings. The van der Waals surface area contributed by atoms with Crippen LogP contribution in [0.2, 0.25) is 0 Å². The lowest BCUT2D eigenvalue weighted by molar-refractivity contribution is -0.142. The molecule has 2 aromatic carbocycles. The highest BCUT2D eigenvalue weighted by atomic mass is 16.5. The first-order valence-electron chi connectivity index (χ1n) is 11.5. The van der Waals surface area contributed by atoms with E-state index in [0.29, 0.717) is 12.8 Å². The predicted octanol–water partition coefficient (Wildman–Crippen LogP) is 4.31. The Kier molecular flexibility index (Phi) is 8.09. The first-order valence-corrected chi connectivity index (χ1v) is 11.5. The monoisotopic (exact) mass is 452 g/mol. The Morgan fingerprint density at radius 2 is 1.55 bits per heavy atom. The number of alkyl carbamates (subject to hydrolysis) is 1. The molecule has 0 saturated heterocycles. The molecule has 7 nitrogen and oxygen atoms in total. The fraction of sp³-hybridized carbons (Fsp3) is 0.423. The molecule has 0 aromatic heterocycles. The van der Waals surface area contributed by atoms with Crippen molar-refractivity contribution in [2.24, 2.45) is 5.92 Å². The number of hydrogen-bond acceptors (Lipinski definition) is 4. The zero-order valence-corrected chi connectivity index (χ0v) is 19.3. The van der Waals surface area contributed by atoms with Gasteiger partial charge in [0, 0.05) is 12.0 Å². The van der Waals surface area contributed by atoms with Crippen LogP contribution in [0, 0.1) is 5.92 Å². The summed E-state index contributed by atoms with van der Waals surface area (Å²) in [4.78, 5) is 36.4. The predicted molar refractivity (Wildman–Crippen MR) is 126 cm³/mol. The van der Waals surface area contributed by atoms with Gasteiger partial charge in [-0.2, -0.15) is 0 Å². The highest BCUT2D eigenvalue weighted by Crippen LogP contribution is 2.44. The lowest BCUT2D eigenvalue weighted by Crippen LogP contribution is -2.48. The maximum atomic E-state index is 12.5. The molecule has 3 unspecified atom stereocenters. The number of benzene rings is 2. The molecule has 0 fully saturated rings. The van der Waals surface area contributed by atoms with E-state index in [9.17, 15) is 19.5 Å². The van der Waals surface area contributed by atoms with Gasteiger partial charge in [-0.05, 0) is 35.6 Å². The number of fused-ring (bicyclic) bond motifs is 3. The van der Waals surface area contributed by atoms with Crippen LogP contribution in [0.3, 0.4) is 0 Å². The second-order valence-corrected chi connectivity index (χ2v) is 8.59. The Balaban J connectivity index is 1.55. The number of carboxylic acid groups (broad SMARTS) is 1. The molecular formula is C26H32N2O5. The lowest BCUT2D eigenvalue weighted by Gasteiger charge is -2.23. The molecule has 2 aromatic rings. The largest absolute Gasteiger partial charge is 0.480 e.